The van der Waals surface area contributed by atoms with Crippen LogP contribution < -0.4 is 5.32 Å². The summed E-state index contributed by atoms with van der Waals surface area (Å²) in [6.07, 6.45) is 1.02. The number of nitrogens with one attached hydrogen (secondary N) is 1. The molecule has 0 amide bonds. The molecule has 90 valence electrons. The average molecular weight is 262 g/mol. The first kappa shape index (κ1) is 13.8. The first-order chi connectivity index (χ1) is 7.58. The second kappa shape index (κ2) is 6.45. The van der Waals surface area contributed by atoms with Crippen LogP contribution in [-0.2, 0) is 11.2 Å². The standard InChI is InChI=1S/C12H17Cl2NO/c1-8(16-3)12(15-2)7-9-4-5-10(13)11(14)6-9/h4-6,8,12,15H,7H2,1-3H3. The van der Waals surface area contributed by atoms with Crippen molar-refractivity contribution in [2.45, 2.75) is 25.5 Å². The van der Waals surface area contributed by atoms with Gasteiger partial charge in [-0.05, 0) is 38.1 Å². The number of halogens is 2. The van der Waals surface area contributed by atoms with Crippen molar-refractivity contribution in [2.75, 3.05) is 14.2 Å². The van der Waals surface area contributed by atoms with Crippen LogP contribution in [0.25, 0.3) is 0 Å². The summed E-state index contributed by atoms with van der Waals surface area (Å²) in [5.74, 6) is 0. The van der Waals surface area contributed by atoms with Gasteiger partial charge in [0.1, 0.15) is 0 Å². The van der Waals surface area contributed by atoms with Crippen molar-refractivity contribution in [3.8, 4) is 0 Å². The van der Waals surface area contributed by atoms with E-state index in [4.69, 9.17) is 27.9 Å². The molecule has 0 aromatic heterocycles. The highest BCUT2D eigenvalue weighted by molar-refractivity contribution is 6.42. The van der Waals surface area contributed by atoms with Crippen LogP contribution in [0.3, 0.4) is 0 Å². The van der Waals surface area contributed by atoms with E-state index < -0.39 is 0 Å². The van der Waals surface area contributed by atoms with Crippen LogP contribution in [0.2, 0.25) is 10.0 Å². The third-order valence-electron chi connectivity index (χ3n) is 2.75. The van der Waals surface area contributed by atoms with E-state index in [-0.39, 0.29) is 12.1 Å². The second-order valence-corrected chi connectivity index (χ2v) is 4.60. The summed E-state index contributed by atoms with van der Waals surface area (Å²) in [4.78, 5) is 0. The van der Waals surface area contributed by atoms with Crippen LogP contribution in [0.5, 0.6) is 0 Å². The van der Waals surface area contributed by atoms with E-state index >= 15 is 0 Å². The van der Waals surface area contributed by atoms with Gasteiger partial charge in [-0.2, -0.15) is 0 Å². The lowest BCUT2D eigenvalue weighted by molar-refractivity contribution is 0.0857. The fourth-order valence-corrected chi connectivity index (χ4v) is 1.91. The Bertz CT molecular complexity index is 344. The normalized spacial score (nSPS) is 14.8. The topological polar surface area (TPSA) is 21.3 Å². The molecule has 1 aromatic carbocycles. The molecular weight excluding hydrogens is 245 g/mol. The molecular formula is C12H17Cl2NO. The van der Waals surface area contributed by atoms with Crippen LogP contribution in [0.1, 0.15) is 12.5 Å². The minimum Gasteiger partial charge on any atom is -0.380 e. The van der Waals surface area contributed by atoms with Crippen LogP contribution in [0.15, 0.2) is 18.2 Å². The van der Waals surface area contributed by atoms with E-state index in [0.717, 1.165) is 12.0 Å². The van der Waals surface area contributed by atoms with E-state index in [1.807, 2.05) is 32.2 Å². The number of hydrogen-bond donors (Lipinski definition) is 1. The lowest BCUT2D eigenvalue weighted by Crippen LogP contribution is -2.38. The number of likely N-dealkylation sites (N-methyl/N-ethyl adjacent to an activating group) is 1. The lowest BCUT2D eigenvalue weighted by Gasteiger charge is -2.22. The molecule has 0 fully saturated rings. The fourth-order valence-electron chi connectivity index (χ4n) is 1.59. The minimum atomic E-state index is 0.152. The number of rotatable bonds is 5. The predicted molar refractivity (Wildman–Crippen MR) is 69.5 cm³/mol. The molecule has 0 bridgehead atoms. The maximum Gasteiger partial charge on any atom is 0.0699 e. The molecule has 16 heavy (non-hydrogen) atoms. The molecule has 1 aromatic rings. The zero-order valence-corrected chi connectivity index (χ0v) is 11.3. The molecule has 0 aliphatic rings. The third-order valence-corrected chi connectivity index (χ3v) is 3.49. The van der Waals surface area contributed by atoms with E-state index in [1.54, 1.807) is 7.11 Å². The van der Waals surface area contributed by atoms with E-state index in [0.29, 0.717) is 10.0 Å². The molecule has 0 aliphatic heterocycles. The van der Waals surface area contributed by atoms with Gasteiger partial charge in [-0.3, -0.25) is 0 Å². The Kier molecular flexibility index (Phi) is 5.56. The second-order valence-electron chi connectivity index (χ2n) is 3.79. The van der Waals surface area contributed by atoms with Crippen molar-refractivity contribution in [1.82, 2.24) is 5.32 Å². The number of ether oxygens (including phenoxy) is 1. The Labute approximate surface area is 107 Å². The molecule has 0 aliphatic carbocycles. The van der Waals surface area contributed by atoms with Crippen molar-refractivity contribution in [3.63, 3.8) is 0 Å². The number of methoxy groups -OCH3 is 1. The van der Waals surface area contributed by atoms with Gasteiger partial charge in [0.25, 0.3) is 0 Å². The van der Waals surface area contributed by atoms with Crippen LogP contribution in [-0.4, -0.2) is 26.3 Å². The molecule has 0 heterocycles. The molecule has 1 N–H and O–H groups in total. The van der Waals surface area contributed by atoms with Crippen LogP contribution in [0.4, 0.5) is 0 Å². The van der Waals surface area contributed by atoms with Crippen LogP contribution >= 0.6 is 23.2 Å². The largest absolute Gasteiger partial charge is 0.380 e. The molecule has 0 saturated heterocycles. The van der Waals surface area contributed by atoms with E-state index in [9.17, 15) is 0 Å². The molecule has 0 saturated carbocycles. The Morgan fingerprint density at radius 2 is 2.00 bits per heavy atom. The molecule has 2 nitrogen and oxygen atoms in total. The highest BCUT2D eigenvalue weighted by Gasteiger charge is 2.15. The van der Waals surface area contributed by atoms with Gasteiger partial charge < -0.3 is 10.1 Å². The van der Waals surface area contributed by atoms with Crippen LogP contribution in [0, 0.1) is 0 Å². The summed E-state index contributed by atoms with van der Waals surface area (Å²) in [5.41, 5.74) is 1.15. The van der Waals surface area contributed by atoms with Crippen molar-refractivity contribution in [3.05, 3.63) is 33.8 Å². The SMILES string of the molecule is CNC(Cc1ccc(Cl)c(Cl)c1)C(C)OC. The molecule has 2 unspecified atom stereocenters. The summed E-state index contributed by atoms with van der Waals surface area (Å²) in [6, 6.07) is 5.98. The van der Waals surface area contributed by atoms with Crippen molar-refractivity contribution >= 4 is 23.2 Å². The van der Waals surface area contributed by atoms with Gasteiger partial charge in [-0.15, -0.1) is 0 Å². The van der Waals surface area contributed by atoms with Gasteiger partial charge in [0, 0.05) is 13.2 Å². The van der Waals surface area contributed by atoms with Crippen molar-refractivity contribution < 1.29 is 4.74 Å². The molecule has 1 rings (SSSR count). The maximum absolute atomic E-state index is 5.97. The first-order valence-electron chi connectivity index (χ1n) is 5.22. The van der Waals surface area contributed by atoms with Gasteiger partial charge in [-0.1, -0.05) is 29.3 Å². The van der Waals surface area contributed by atoms with E-state index in [1.165, 1.54) is 0 Å². The van der Waals surface area contributed by atoms with Gasteiger partial charge in [0.05, 0.1) is 16.1 Å². The monoisotopic (exact) mass is 261 g/mol. The van der Waals surface area contributed by atoms with Crippen molar-refractivity contribution in [1.29, 1.82) is 0 Å². The Morgan fingerprint density at radius 3 is 2.50 bits per heavy atom. The summed E-state index contributed by atoms with van der Waals surface area (Å²) in [7, 11) is 3.64. The Morgan fingerprint density at radius 1 is 1.31 bits per heavy atom. The maximum atomic E-state index is 5.97. The highest BCUT2D eigenvalue weighted by Crippen LogP contribution is 2.23. The summed E-state index contributed by atoms with van der Waals surface area (Å²) in [5, 5.41) is 4.42. The summed E-state index contributed by atoms with van der Waals surface area (Å²) < 4.78 is 5.31. The van der Waals surface area contributed by atoms with Gasteiger partial charge in [0.15, 0.2) is 0 Å². The van der Waals surface area contributed by atoms with E-state index in [2.05, 4.69) is 5.32 Å². The molecule has 4 heteroatoms. The lowest BCUT2D eigenvalue weighted by atomic mass is 10.0. The van der Waals surface area contributed by atoms with Gasteiger partial charge >= 0.3 is 0 Å². The summed E-state index contributed by atoms with van der Waals surface area (Å²) >= 11 is 11.8. The Balaban J connectivity index is 2.74. The quantitative estimate of drug-likeness (QED) is 0.880. The molecule has 0 spiro atoms. The average Bonchev–Trinajstić information content (AvgIpc) is 2.29. The van der Waals surface area contributed by atoms with Crippen molar-refractivity contribution in [2.24, 2.45) is 0 Å². The number of hydrogen-bond acceptors (Lipinski definition) is 2. The van der Waals surface area contributed by atoms with Gasteiger partial charge in [0.2, 0.25) is 0 Å². The van der Waals surface area contributed by atoms with Gasteiger partial charge in [-0.25, -0.2) is 0 Å². The minimum absolute atomic E-state index is 0.152. The first-order valence-corrected chi connectivity index (χ1v) is 5.98. The highest BCUT2D eigenvalue weighted by atomic mass is 35.5. The fraction of sp³-hybridized carbons (Fsp3) is 0.500. The number of benzene rings is 1. The zero-order valence-electron chi connectivity index (χ0n) is 9.76. The molecule has 2 atom stereocenters. The Hall–Kier alpha value is -0.280. The summed E-state index contributed by atoms with van der Waals surface area (Å²) in [6.45, 7) is 2.04. The third kappa shape index (κ3) is 3.63. The smallest absolute Gasteiger partial charge is 0.0699 e. The molecule has 0 radical (unpaired) electrons. The zero-order chi connectivity index (χ0) is 12.1. The predicted octanol–water partition coefficient (Wildman–Crippen LogP) is 3.16.